The third-order valence-electron chi connectivity index (χ3n) is 1.80. The van der Waals surface area contributed by atoms with E-state index in [2.05, 4.69) is 5.32 Å². The molecule has 0 radical (unpaired) electrons. The van der Waals surface area contributed by atoms with Crippen LogP contribution >= 0.6 is 0 Å². The lowest BCUT2D eigenvalue weighted by Gasteiger charge is -2.17. The summed E-state index contributed by atoms with van der Waals surface area (Å²) < 4.78 is 23.8. The Bertz CT molecular complexity index is 163. The summed E-state index contributed by atoms with van der Waals surface area (Å²) in [5.74, 6) is -0.0493. The minimum absolute atomic E-state index is 0.0493. The van der Waals surface area contributed by atoms with Gasteiger partial charge in [-0.1, -0.05) is 0 Å². The van der Waals surface area contributed by atoms with Gasteiger partial charge in [0.25, 0.3) is 6.43 Å². The molecule has 1 rings (SSSR count). The van der Waals surface area contributed by atoms with Gasteiger partial charge in [-0.15, -0.1) is 0 Å². The third kappa shape index (κ3) is 3.13. The topological polar surface area (TPSA) is 32.3 Å². The average molecular weight is 178 g/mol. The van der Waals surface area contributed by atoms with Crippen LogP contribution in [0.3, 0.4) is 0 Å². The van der Waals surface area contributed by atoms with E-state index in [4.69, 9.17) is 0 Å². The molecule has 0 unspecified atom stereocenters. The number of nitrogens with zero attached hydrogens (tertiary/aromatic N) is 1. The van der Waals surface area contributed by atoms with Crippen molar-refractivity contribution >= 4 is 5.91 Å². The zero-order chi connectivity index (χ0) is 8.97. The van der Waals surface area contributed by atoms with Crippen molar-refractivity contribution in [3.8, 4) is 0 Å². The number of carbonyl (C=O) groups is 1. The standard InChI is InChI=1S/C7H12F2N2O/c8-6(9)5-11-3-1-7(12)10-2-4-11/h6H,1-5H2,(H,10,12). The van der Waals surface area contributed by atoms with Gasteiger partial charge in [0.2, 0.25) is 5.91 Å². The van der Waals surface area contributed by atoms with Crippen molar-refractivity contribution in [2.75, 3.05) is 26.2 Å². The summed E-state index contributed by atoms with van der Waals surface area (Å²) >= 11 is 0. The molecule has 1 heterocycles. The first-order valence-corrected chi connectivity index (χ1v) is 3.95. The van der Waals surface area contributed by atoms with Crippen LogP contribution in [-0.4, -0.2) is 43.4 Å². The molecule has 0 aromatic heterocycles. The van der Waals surface area contributed by atoms with Crippen LogP contribution in [-0.2, 0) is 4.79 Å². The molecular weight excluding hydrogens is 166 g/mol. The van der Waals surface area contributed by atoms with Gasteiger partial charge in [-0.2, -0.15) is 0 Å². The number of amides is 1. The van der Waals surface area contributed by atoms with Crippen molar-refractivity contribution in [3.05, 3.63) is 0 Å². The Morgan fingerprint density at radius 1 is 1.50 bits per heavy atom. The van der Waals surface area contributed by atoms with Crippen molar-refractivity contribution in [1.29, 1.82) is 0 Å². The molecule has 1 amide bonds. The fourth-order valence-corrected chi connectivity index (χ4v) is 1.19. The third-order valence-corrected chi connectivity index (χ3v) is 1.80. The highest BCUT2D eigenvalue weighted by molar-refractivity contribution is 5.76. The van der Waals surface area contributed by atoms with E-state index < -0.39 is 6.43 Å². The number of alkyl halides is 2. The minimum atomic E-state index is -2.31. The molecule has 1 saturated heterocycles. The maximum absolute atomic E-state index is 11.9. The molecule has 70 valence electrons. The lowest BCUT2D eigenvalue weighted by molar-refractivity contribution is -0.120. The van der Waals surface area contributed by atoms with Gasteiger partial charge in [0.1, 0.15) is 0 Å². The van der Waals surface area contributed by atoms with E-state index in [0.717, 1.165) is 0 Å². The molecule has 1 N–H and O–H groups in total. The van der Waals surface area contributed by atoms with Crippen LogP contribution in [0.5, 0.6) is 0 Å². The highest BCUT2D eigenvalue weighted by Gasteiger charge is 2.16. The Hall–Kier alpha value is -0.710. The van der Waals surface area contributed by atoms with E-state index in [9.17, 15) is 13.6 Å². The maximum Gasteiger partial charge on any atom is 0.251 e. The summed E-state index contributed by atoms with van der Waals surface area (Å²) in [6.07, 6.45) is -1.98. The molecule has 1 aliphatic heterocycles. The Morgan fingerprint density at radius 2 is 2.25 bits per heavy atom. The Morgan fingerprint density at radius 3 is 2.92 bits per heavy atom. The molecule has 12 heavy (non-hydrogen) atoms. The van der Waals surface area contributed by atoms with Crippen LogP contribution in [0.25, 0.3) is 0 Å². The number of hydrogen-bond donors (Lipinski definition) is 1. The van der Waals surface area contributed by atoms with Crippen molar-refractivity contribution < 1.29 is 13.6 Å². The normalized spacial score (nSPS) is 20.8. The molecular formula is C7H12F2N2O. The lowest BCUT2D eigenvalue weighted by atomic mass is 10.4. The number of halogens is 2. The monoisotopic (exact) mass is 178 g/mol. The highest BCUT2D eigenvalue weighted by atomic mass is 19.3. The average Bonchev–Trinajstić information content (AvgIpc) is 2.15. The number of rotatable bonds is 2. The molecule has 5 heteroatoms. The second-order valence-electron chi connectivity index (χ2n) is 2.79. The lowest BCUT2D eigenvalue weighted by Crippen LogP contribution is -2.32. The maximum atomic E-state index is 11.9. The number of carbonyl (C=O) groups excluding carboxylic acids is 1. The first-order valence-electron chi connectivity index (χ1n) is 3.95. The molecule has 0 aromatic rings. The predicted octanol–water partition coefficient (Wildman–Crippen LogP) is 0.0734. The molecule has 1 fully saturated rings. The molecule has 0 spiro atoms. The van der Waals surface area contributed by atoms with E-state index in [-0.39, 0.29) is 12.5 Å². The highest BCUT2D eigenvalue weighted by Crippen LogP contribution is 2.01. The molecule has 0 atom stereocenters. The predicted molar refractivity (Wildman–Crippen MR) is 40.1 cm³/mol. The smallest absolute Gasteiger partial charge is 0.251 e. The summed E-state index contributed by atoms with van der Waals surface area (Å²) in [5.41, 5.74) is 0. The van der Waals surface area contributed by atoms with Gasteiger partial charge in [-0.25, -0.2) is 8.78 Å². The van der Waals surface area contributed by atoms with Crippen LogP contribution < -0.4 is 5.32 Å². The summed E-state index contributed by atoms with van der Waals surface area (Å²) in [4.78, 5) is 12.4. The van der Waals surface area contributed by atoms with Gasteiger partial charge in [-0.3, -0.25) is 9.69 Å². The Labute approximate surface area is 69.7 Å². The Balaban J connectivity index is 2.30. The molecule has 0 bridgehead atoms. The number of hydrogen-bond acceptors (Lipinski definition) is 2. The van der Waals surface area contributed by atoms with Gasteiger partial charge in [0.15, 0.2) is 0 Å². The van der Waals surface area contributed by atoms with E-state index >= 15 is 0 Å². The van der Waals surface area contributed by atoms with Crippen LogP contribution in [0.2, 0.25) is 0 Å². The number of nitrogens with one attached hydrogen (secondary N) is 1. The van der Waals surface area contributed by atoms with Crippen LogP contribution in [0, 0.1) is 0 Å². The summed E-state index contributed by atoms with van der Waals surface area (Å²) in [6.45, 7) is 1.22. The quantitative estimate of drug-likeness (QED) is 0.649. The summed E-state index contributed by atoms with van der Waals surface area (Å²) in [7, 11) is 0. The SMILES string of the molecule is O=C1CCN(CC(F)F)CCN1. The fraction of sp³-hybridized carbons (Fsp3) is 0.857. The van der Waals surface area contributed by atoms with Crippen LogP contribution in [0.1, 0.15) is 6.42 Å². The van der Waals surface area contributed by atoms with Crippen LogP contribution in [0.4, 0.5) is 8.78 Å². The fourth-order valence-electron chi connectivity index (χ4n) is 1.19. The molecule has 0 saturated carbocycles. The van der Waals surface area contributed by atoms with E-state index in [1.807, 2.05) is 0 Å². The van der Waals surface area contributed by atoms with Crippen LogP contribution in [0.15, 0.2) is 0 Å². The zero-order valence-electron chi connectivity index (χ0n) is 6.72. The first kappa shape index (κ1) is 9.38. The van der Waals surface area contributed by atoms with Gasteiger partial charge in [0, 0.05) is 26.1 Å². The minimum Gasteiger partial charge on any atom is -0.355 e. The molecule has 0 aliphatic carbocycles. The molecule has 3 nitrogen and oxygen atoms in total. The van der Waals surface area contributed by atoms with Gasteiger partial charge in [0.05, 0.1) is 6.54 Å². The van der Waals surface area contributed by atoms with Crippen molar-refractivity contribution in [2.45, 2.75) is 12.8 Å². The Kier molecular flexibility index (Phi) is 3.40. The van der Waals surface area contributed by atoms with Crippen molar-refractivity contribution in [3.63, 3.8) is 0 Å². The second-order valence-corrected chi connectivity index (χ2v) is 2.79. The van der Waals surface area contributed by atoms with Crippen molar-refractivity contribution in [2.24, 2.45) is 0 Å². The first-order chi connectivity index (χ1) is 5.68. The van der Waals surface area contributed by atoms with Gasteiger partial charge < -0.3 is 5.32 Å². The summed E-state index contributed by atoms with van der Waals surface area (Å²) in [6, 6.07) is 0. The zero-order valence-corrected chi connectivity index (χ0v) is 6.72. The largest absolute Gasteiger partial charge is 0.355 e. The van der Waals surface area contributed by atoms with Gasteiger partial charge >= 0.3 is 0 Å². The molecule has 0 aromatic carbocycles. The van der Waals surface area contributed by atoms with Crippen molar-refractivity contribution in [1.82, 2.24) is 10.2 Å². The van der Waals surface area contributed by atoms with E-state index in [1.54, 1.807) is 4.90 Å². The van der Waals surface area contributed by atoms with E-state index in [1.165, 1.54) is 0 Å². The van der Waals surface area contributed by atoms with E-state index in [0.29, 0.717) is 26.1 Å². The summed E-state index contributed by atoms with van der Waals surface area (Å²) in [5, 5.41) is 2.62. The molecule has 1 aliphatic rings. The second kappa shape index (κ2) is 4.35. The van der Waals surface area contributed by atoms with Gasteiger partial charge in [-0.05, 0) is 0 Å².